The van der Waals surface area contributed by atoms with E-state index in [2.05, 4.69) is 31.0 Å². The van der Waals surface area contributed by atoms with Crippen LogP contribution in [0.15, 0.2) is 24.3 Å². The quantitative estimate of drug-likeness (QED) is 0.937. The van der Waals surface area contributed by atoms with Gasteiger partial charge in [0.2, 0.25) is 0 Å². The van der Waals surface area contributed by atoms with Crippen LogP contribution < -0.4 is 10.2 Å². The van der Waals surface area contributed by atoms with Gasteiger partial charge in [-0.1, -0.05) is 12.1 Å². The molecule has 1 fully saturated rings. The molecule has 21 heavy (non-hydrogen) atoms. The number of aromatic nitrogens is 2. The number of anilines is 1. The number of nitrogens with one attached hydrogen (secondary N) is 1. The summed E-state index contributed by atoms with van der Waals surface area (Å²) in [4.78, 5) is 12.0. The van der Waals surface area contributed by atoms with Crippen LogP contribution in [0.25, 0.3) is 11.0 Å². The summed E-state index contributed by atoms with van der Waals surface area (Å²) in [6.07, 6.45) is 2.53. The zero-order valence-electron chi connectivity index (χ0n) is 13.1. The number of aryl methyl sites for hydroxylation is 1. The van der Waals surface area contributed by atoms with Gasteiger partial charge in [0.15, 0.2) is 5.82 Å². The number of rotatable bonds is 4. The van der Waals surface area contributed by atoms with Gasteiger partial charge in [0.05, 0.1) is 16.7 Å². The second kappa shape index (κ2) is 5.98. The minimum absolute atomic E-state index is 0.418. The molecule has 112 valence electrons. The minimum atomic E-state index is 0.418. The summed E-state index contributed by atoms with van der Waals surface area (Å²) >= 11 is 0. The van der Waals surface area contributed by atoms with Gasteiger partial charge >= 0.3 is 0 Å². The number of nitrogens with zero attached hydrogens (tertiary/aromatic N) is 3. The van der Waals surface area contributed by atoms with Crippen molar-refractivity contribution in [1.82, 2.24) is 15.3 Å². The summed E-state index contributed by atoms with van der Waals surface area (Å²) in [6.45, 7) is 8.66. The summed E-state index contributed by atoms with van der Waals surface area (Å²) in [6, 6.07) is 9.09. The van der Waals surface area contributed by atoms with Crippen LogP contribution in [0.3, 0.4) is 0 Å². The molecule has 0 saturated carbocycles. The maximum Gasteiger partial charge on any atom is 0.151 e. The standard InChI is InChI=1S/C17H24N4/c1-12(2)21(11-14-7-6-10-18-14)17-13(3)19-15-8-4-5-9-16(15)20-17/h4-5,8-9,12,14,18H,6-7,10-11H2,1-3H3. The van der Waals surface area contributed by atoms with Crippen LogP contribution in [0.2, 0.25) is 0 Å². The molecule has 1 aromatic carbocycles. The molecule has 2 heterocycles. The Kier molecular flexibility index (Phi) is 4.06. The Labute approximate surface area is 126 Å². The molecule has 0 radical (unpaired) electrons. The summed E-state index contributed by atoms with van der Waals surface area (Å²) in [5.74, 6) is 1.03. The van der Waals surface area contributed by atoms with Gasteiger partial charge in [-0.2, -0.15) is 0 Å². The van der Waals surface area contributed by atoms with Crippen LogP contribution >= 0.6 is 0 Å². The molecule has 4 nitrogen and oxygen atoms in total. The first-order valence-corrected chi connectivity index (χ1v) is 7.88. The van der Waals surface area contributed by atoms with E-state index in [1.165, 1.54) is 12.8 Å². The first kappa shape index (κ1) is 14.3. The average Bonchev–Trinajstić information content (AvgIpc) is 2.97. The lowest BCUT2D eigenvalue weighted by atomic mass is 10.2. The molecule has 1 unspecified atom stereocenters. The van der Waals surface area contributed by atoms with Gasteiger partial charge in [0.1, 0.15) is 0 Å². The highest BCUT2D eigenvalue weighted by molar-refractivity contribution is 5.76. The van der Waals surface area contributed by atoms with E-state index < -0.39 is 0 Å². The van der Waals surface area contributed by atoms with Crippen LogP contribution in [0, 0.1) is 6.92 Å². The molecule has 0 bridgehead atoms. The van der Waals surface area contributed by atoms with Gasteiger partial charge in [0.25, 0.3) is 0 Å². The van der Waals surface area contributed by atoms with E-state index in [0.29, 0.717) is 12.1 Å². The Morgan fingerprint density at radius 3 is 2.57 bits per heavy atom. The topological polar surface area (TPSA) is 41.1 Å². The third-order valence-electron chi connectivity index (χ3n) is 4.19. The lowest BCUT2D eigenvalue weighted by Gasteiger charge is -2.31. The lowest BCUT2D eigenvalue weighted by Crippen LogP contribution is -2.42. The number of para-hydroxylation sites is 2. The van der Waals surface area contributed by atoms with E-state index in [0.717, 1.165) is 35.6 Å². The molecule has 0 aliphatic carbocycles. The SMILES string of the molecule is Cc1nc2ccccc2nc1N(CC1CCCN1)C(C)C. The van der Waals surface area contributed by atoms with Crippen molar-refractivity contribution in [1.29, 1.82) is 0 Å². The smallest absolute Gasteiger partial charge is 0.151 e. The Morgan fingerprint density at radius 1 is 1.24 bits per heavy atom. The monoisotopic (exact) mass is 284 g/mol. The summed E-state index contributed by atoms with van der Waals surface area (Å²) in [7, 11) is 0. The number of hydrogen-bond acceptors (Lipinski definition) is 4. The fourth-order valence-electron chi connectivity index (χ4n) is 3.04. The number of hydrogen-bond donors (Lipinski definition) is 1. The molecule has 1 saturated heterocycles. The zero-order valence-corrected chi connectivity index (χ0v) is 13.1. The molecule has 2 aromatic rings. The van der Waals surface area contributed by atoms with Crippen LogP contribution in [0.4, 0.5) is 5.82 Å². The highest BCUT2D eigenvalue weighted by atomic mass is 15.2. The van der Waals surface area contributed by atoms with Gasteiger partial charge in [-0.15, -0.1) is 0 Å². The van der Waals surface area contributed by atoms with Crippen LogP contribution in [0.1, 0.15) is 32.4 Å². The Balaban J connectivity index is 1.95. The predicted octanol–water partition coefficient (Wildman–Crippen LogP) is 2.91. The van der Waals surface area contributed by atoms with Crippen molar-refractivity contribution < 1.29 is 0 Å². The van der Waals surface area contributed by atoms with Gasteiger partial charge < -0.3 is 10.2 Å². The average molecular weight is 284 g/mol. The fourth-order valence-corrected chi connectivity index (χ4v) is 3.04. The van der Waals surface area contributed by atoms with Gasteiger partial charge in [0, 0.05) is 18.6 Å². The van der Waals surface area contributed by atoms with E-state index in [1.54, 1.807) is 0 Å². The second-order valence-electron chi connectivity index (χ2n) is 6.16. The number of fused-ring (bicyclic) bond motifs is 1. The normalized spacial score (nSPS) is 18.6. The maximum absolute atomic E-state index is 4.87. The van der Waals surface area contributed by atoms with E-state index in [-0.39, 0.29) is 0 Å². The molecule has 1 atom stereocenters. The van der Waals surface area contributed by atoms with E-state index in [1.807, 2.05) is 24.3 Å². The van der Waals surface area contributed by atoms with E-state index in [9.17, 15) is 0 Å². The Bertz CT molecular complexity index is 617. The van der Waals surface area contributed by atoms with Gasteiger partial charge in [-0.05, 0) is 52.3 Å². The van der Waals surface area contributed by atoms with Crippen molar-refractivity contribution in [2.24, 2.45) is 0 Å². The van der Waals surface area contributed by atoms with E-state index >= 15 is 0 Å². The lowest BCUT2D eigenvalue weighted by molar-refractivity contribution is 0.548. The second-order valence-corrected chi connectivity index (χ2v) is 6.16. The summed E-state index contributed by atoms with van der Waals surface area (Å²) in [5, 5.41) is 3.58. The predicted molar refractivity (Wildman–Crippen MR) is 87.8 cm³/mol. The molecule has 0 amide bonds. The van der Waals surface area contributed by atoms with Crippen molar-refractivity contribution >= 4 is 16.9 Å². The Hall–Kier alpha value is -1.68. The molecule has 4 heteroatoms. The summed E-state index contributed by atoms with van der Waals surface area (Å²) < 4.78 is 0. The molecule has 3 rings (SSSR count). The van der Waals surface area contributed by atoms with Crippen LogP contribution in [-0.4, -0.2) is 35.1 Å². The van der Waals surface area contributed by atoms with Crippen LogP contribution in [-0.2, 0) is 0 Å². The zero-order chi connectivity index (χ0) is 14.8. The first-order valence-electron chi connectivity index (χ1n) is 7.88. The summed E-state index contributed by atoms with van der Waals surface area (Å²) in [5.41, 5.74) is 2.96. The minimum Gasteiger partial charge on any atom is -0.351 e. The Morgan fingerprint density at radius 2 is 1.95 bits per heavy atom. The highest BCUT2D eigenvalue weighted by Gasteiger charge is 2.22. The number of benzene rings is 1. The molecule has 1 N–H and O–H groups in total. The van der Waals surface area contributed by atoms with Crippen molar-refractivity contribution in [3.63, 3.8) is 0 Å². The van der Waals surface area contributed by atoms with Crippen molar-refractivity contribution in [3.8, 4) is 0 Å². The molecule has 1 aromatic heterocycles. The van der Waals surface area contributed by atoms with Crippen molar-refractivity contribution in [3.05, 3.63) is 30.0 Å². The molecule has 0 spiro atoms. The molecular formula is C17H24N4. The molecular weight excluding hydrogens is 260 g/mol. The van der Waals surface area contributed by atoms with Crippen LogP contribution in [0.5, 0.6) is 0 Å². The molecule has 1 aliphatic rings. The fraction of sp³-hybridized carbons (Fsp3) is 0.529. The van der Waals surface area contributed by atoms with Crippen molar-refractivity contribution in [2.75, 3.05) is 18.0 Å². The first-order chi connectivity index (χ1) is 10.1. The van der Waals surface area contributed by atoms with Gasteiger partial charge in [-0.25, -0.2) is 9.97 Å². The highest BCUT2D eigenvalue weighted by Crippen LogP contribution is 2.23. The maximum atomic E-state index is 4.87. The third-order valence-corrected chi connectivity index (χ3v) is 4.19. The van der Waals surface area contributed by atoms with E-state index in [4.69, 9.17) is 9.97 Å². The molecule has 1 aliphatic heterocycles. The van der Waals surface area contributed by atoms with Crippen molar-refractivity contribution in [2.45, 2.75) is 45.7 Å². The van der Waals surface area contributed by atoms with Gasteiger partial charge in [-0.3, -0.25) is 0 Å². The third kappa shape index (κ3) is 3.00. The largest absolute Gasteiger partial charge is 0.351 e.